The van der Waals surface area contributed by atoms with Crippen LogP contribution in [0.4, 0.5) is 24.8 Å². The minimum atomic E-state index is -5.08. The molecule has 2 atom stereocenters. The van der Waals surface area contributed by atoms with Crippen LogP contribution in [0.25, 0.3) is 16.8 Å². The van der Waals surface area contributed by atoms with Gasteiger partial charge in [0.2, 0.25) is 5.95 Å². The molecule has 0 saturated carbocycles. The second kappa shape index (κ2) is 9.84. The third-order valence-corrected chi connectivity index (χ3v) is 5.63. The Morgan fingerprint density at radius 3 is 2.61 bits per heavy atom. The van der Waals surface area contributed by atoms with E-state index < -0.39 is 18.2 Å². The first kappa shape index (κ1) is 24.9. The summed E-state index contributed by atoms with van der Waals surface area (Å²) < 4.78 is 39.1. The summed E-state index contributed by atoms with van der Waals surface area (Å²) >= 11 is 0. The molecule has 0 aliphatic heterocycles. The Balaban J connectivity index is 0.000000384. The van der Waals surface area contributed by atoms with Gasteiger partial charge in [-0.1, -0.05) is 18.2 Å². The Morgan fingerprint density at radius 1 is 1.19 bits per heavy atom. The summed E-state index contributed by atoms with van der Waals surface area (Å²) in [5, 5.41) is 25.0. The van der Waals surface area contributed by atoms with E-state index in [0.29, 0.717) is 12.4 Å². The quantitative estimate of drug-likeness (QED) is 0.333. The van der Waals surface area contributed by atoms with Crippen molar-refractivity contribution < 1.29 is 32.9 Å². The number of aliphatic carboxylic acids is 1. The van der Waals surface area contributed by atoms with Crippen molar-refractivity contribution >= 4 is 23.1 Å². The molecule has 2 unspecified atom stereocenters. The monoisotopic (exact) mass is 501 g/mol. The molecule has 36 heavy (non-hydrogen) atoms. The van der Waals surface area contributed by atoms with Crippen molar-refractivity contribution in [3.8, 4) is 17.0 Å². The number of halogens is 3. The number of nitrogens with two attached hydrogens (primary N) is 1. The third kappa shape index (κ3) is 5.09. The molecule has 9 nitrogen and oxygen atoms in total. The first-order valence-corrected chi connectivity index (χ1v) is 10.7. The van der Waals surface area contributed by atoms with Crippen LogP contribution in [-0.2, 0) is 11.2 Å². The molecule has 2 heterocycles. The first-order valence-electron chi connectivity index (χ1n) is 10.7. The number of carboxylic acids is 1. The molecule has 0 fully saturated rings. The number of nitrogens with zero attached hydrogens (tertiary/aromatic N) is 3. The van der Waals surface area contributed by atoms with Crippen LogP contribution in [0, 0.1) is 0 Å². The van der Waals surface area contributed by atoms with Gasteiger partial charge in [-0.3, -0.25) is 0 Å². The molecule has 0 spiro atoms. The van der Waals surface area contributed by atoms with Crippen LogP contribution in [0.1, 0.15) is 17.2 Å². The van der Waals surface area contributed by atoms with Crippen LogP contribution in [0.3, 0.4) is 0 Å². The van der Waals surface area contributed by atoms with Crippen molar-refractivity contribution in [2.75, 3.05) is 12.4 Å². The second-order valence-corrected chi connectivity index (χ2v) is 7.98. The van der Waals surface area contributed by atoms with Gasteiger partial charge in [-0.25, -0.2) is 14.3 Å². The smallest absolute Gasteiger partial charge is 0.490 e. The Hall–Kier alpha value is -4.16. The standard InChI is InChI=1S/C22H21N5O2.C2HF3O2/c1-29-20-5-3-2-4-16(20)18-9-8-15-12-24-22(26-27(15)18)25-14-7-6-13-10-19(28)21(23)17(13)11-14;3-2(4,5)1(6)7/h2-9,11-12,19,21,28H,10,23H2,1H3,(H,25,26);(H,6,7). The number of benzene rings is 2. The zero-order valence-corrected chi connectivity index (χ0v) is 18.9. The maximum atomic E-state index is 10.6. The van der Waals surface area contributed by atoms with Gasteiger partial charge < -0.3 is 26.0 Å². The van der Waals surface area contributed by atoms with Crippen molar-refractivity contribution in [3.05, 3.63) is 71.9 Å². The molecule has 0 bridgehead atoms. The maximum Gasteiger partial charge on any atom is 0.490 e. The van der Waals surface area contributed by atoms with Crippen molar-refractivity contribution in [1.82, 2.24) is 14.6 Å². The number of hydrogen-bond donors (Lipinski definition) is 4. The number of rotatable bonds is 4. The topological polar surface area (TPSA) is 135 Å². The summed E-state index contributed by atoms with van der Waals surface area (Å²) in [5.41, 5.74) is 11.7. The predicted molar refractivity (Wildman–Crippen MR) is 125 cm³/mol. The minimum absolute atomic E-state index is 0.364. The van der Waals surface area contributed by atoms with Crippen LogP contribution >= 0.6 is 0 Å². The number of aliphatic hydroxyl groups is 1. The number of nitrogens with one attached hydrogen (secondary N) is 1. The van der Waals surface area contributed by atoms with E-state index in [9.17, 15) is 18.3 Å². The molecule has 4 aromatic rings. The van der Waals surface area contributed by atoms with E-state index >= 15 is 0 Å². The number of carbonyl (C=O) groups is 1. The average molecular weight is 501 g/mol. The summed E-state index contributed by atoms with van der Waals surface area (Å²) in [7, 11) is 1.66. The van der Waals surface area contributed by atoms with E-state index in [4.69, 9.17) is 20.4 Å². The third-order valence-electron chi connectivity index (χ3n) is 5.63. The number of aromatic nitrogens is 3. The number of carboxylic acid groups (broad SMARTS) is 1. The summed E-state index contributed by atoms with van der Waals surface area (Å²) in [4.78, 5) is 13.3. The van der Waals surface area contributed by atoms with Gasteiger partial charge >= 0.3 is 12.1 Å². The average Bonchev–Trinajstić information content (AvgIpc) is 3.39. The van der Waals surface area contributed by atoms with Gasteiger partial charge in [0, 0.05) is 17.7 Å². The Morgan fingerprint density at radius 2 is 1.92 bits per heavy atom. The van der Waals surface area contributed by atoms with Crippen molar-refractivity contribution in [1.29, 1.82) is 0 Å². The molecular weight excluding hydrogens is 479 g/mol. The summed E-state index contributed by atoms with van der Waals surface area (Å²) in [6, 6.07) is 17.4. The summed E-state index contributed by atoms with van der Waals surface area (Å²) in [6.45, 7) is 0. The molecule has 188 valence electrons. The lowest BCUT2D eigenvalue weighted by molar-refractivity contribution is -0.192. The number of para-hydroxylation sites is 1. The predicted octanol–water partition coefficient (Wildman–Crippen LogP) is 3.70. The molecule has 12 heteroatoms. The molecule has 5 N–H and O–H groups in total. The van der Waals surface area contributed by atoms with E-state index in [1.54, 1.807) is 13.3 Å². The largest absolute Gasteiger partial charge is 0.496 e. The van der Waals surface area contributed by atoms with Gasteiger partial charge in [0.1, 0.15) is 5.75 Å². The minimum Gasteiger partial charge on any atom is -0.496 e. The number of fused-ring (bicyclic) bond motifs is 2. The van der Waals surface area contributed by atoms with Gasteiger partial charge in [0.05, 0.1) is 36.7 Å². The highest BCUT2D eigenvalue weighted by molar-refractivity contribution is 5.73. The van der Waals surface area contributed by atoms with E-state index in [2.05, 4.69) is 15.4 Å². The number of methoxy groups -OCH3 is 1. The second-order valence-electron chi connectivity index (χ2n) is 7.98. The molecule has 2 aromatic carbocycles. The van der Waals surface area contributed by atoms with Gasteiger partial charge in [-0.05, 0) is 47.5 Å². The SMILES string of the molecule is COc1ccccc1-c1ccc2cnc(Nc3ccc4c(c3)C(N)C(O)C4)nn12.O=C(O)C(F)(F)F. The number of anilines is 2. The number of aliphatic hydroxyl groups excluding tert-OH is 1. The molecule has 2 aromatic heterocycles. The number of hydrogen-bond acceptors (Lipinski definition) is 7. The van der Waals surface area contributed by atoms with E-state index in [1.165, 1.54) is 0 Å². The molecular formula is C24H22F3N5O4. The van der Waals surface area contributed by atoms with Crippen LogP contribution < -0.4 is 15.8 Å². The van der Waals surface area contributed by atoms with E-state index in [0.717, 1.165) is 39.3 Å². The van der Waals surface area contributed by atoms with E-state index in [-0.39, 0.29) is 6.04 Å². The van der Waals surface area contributed by atoms with Gasteiger partial charge in [0.15, 0.2) is 0 Å². The highest BCUT2D eigenvalue weighted by Gasteiger charge is 2.38. The lowest BCUT2D eigenvalue weighted by atomic mass is 10.1. The molecule has 1 aliphatic rings. The van der Waals surface area contributed by atoms with E-state index in [1.807, 2.05) is 59.1 Å². The fourth-order valence-electron chi connectivity index (χ4n) is 3.88. The molecule has 0 radical (unpaired) electrons. The van der Waals surface area contributed by atoms with Crippen LogP contribution in [-0.4, -0.2) is 50.2 Å². The highest BCUT2D eigenvalue weighted by atomic mass is 19.4. The molecule has 5 rings (SSSR count). The normalized spacial score (nSPS) is 16.7. The van der Waals surface area contributed by atoms with Crippen molar-refractivity contribution in [3.63, 3.8) is 0 Å². The van der Waals surface area contributed by atoms with Crippen LogP contribution in [0.5, 0.6) is 5.75 Å². The number of alkyl halides is 3. The van der Waals surface area contributed by atoms with Crippen molar-refractivity contribution in [2.45, 2.75) is 24.7 Å². The summed E-state index contributed by atoms with van der Waals surface area (Å²) in [6.07, 6.45) is -3.25. The lowest BCUT2D eigenvalue weighted by Gasteiger charge is -2.12. The Kier molecular flexibility index (Phi) is 6.82. The Labute approximate surface area is 203 Å². The van der Waals surface area contributed by atoms with Gasteiger partial charge in [-0.2, -0.15) is 13.2 Å². The summed E-state index contributed by atoms with van der Waals surface area (Å²) in [5.74, 6) is -1.50. The highest BCUT2D eigenvalue weighted by Crippen LogP contribution is 2.33. The molecule has 1 aliphatic carbocycles. The van der Waals surface area contributed by atoms with Crippen LogP contribution in [0.15, 0.2) is 60.8 Å². The fraction of sp³-hybridized carbons (Fsp3) is 0.208. The first-order chi connectivity index (χ1) is 17.1. The maximum absolute atomic E-state index is 10.6. The fourth-order valence-corrected chi connectivity index (χ4v) is 3.88. The zero-order chi connectivity index (χ0) is 26.0. The Bertz CT molecular complexity index is 1410. The molecule has 0 amide bonds. The van der Waals surface area contributed by atoms with Crippen molar-refractivity contribution in [2.24, 2.45) is 5.73 Å². The molecule has 0 saturated heterocycles. The van der Waals surface area contributed by atoms with Crippen LogP contribution in [0.2, 0.25) is 0 Å². The number of ether oxygens (including phenoxy) is 1. The zero-order valence-electron chi connectivity index (χ0n) is 18.9. The van der Waals surface area contributed by atoms with Gasteiger partial charge in [0.25, 0.3) is 0 Å². The lowest BCUT2D eigenvalue weighted by Crippen LogP contribution is -2.21. The van der Waals surface area contributed by atoms with Gasteiger partial charge in [-0.15, -0.1) is 5.10 Å².